The molecule has 0 fully saturated rings. The predicted molar refractivity (Wildman–Crippen MR) is 113 cm³/mol. The molecule has 0 spiro atoms. The average molecular weight is 454 g/mol. The minimum atomic E-state index is -0.617. The highest BCUT2D eigenvalue weighted by Gasteiger charge is 2.14. The van der Waals surface area contributed by atoms with E-state index in [2.05, 4.69) is 15.6 Å². The van der Waals surface area contributed by atoms with Gasteiger partial charge >= 0.3 is 5.69 Å². The Bertz CT molecular complexity index is 1120. The molecule has 0 atom stereocenters. The van der Waals surface area contributed by atoms with Gasteiger partial charge in [-0.3, -0.25) is 4.79 Å². The summed E-state index contributed by atoms with van der Waals surface area (Å²) in [5.74, 6) is 5.53. The lowest BCUT2D eigenvalue weighted by Gasteiger charge is -2.01. The summed E-state index contributed by atoms with van der Waals surface area (Å²) in [7, 11) is 0. The van der Waals surface area contributed by atoms with Crippen molar-refractivity contribution in [2.45, 2.75) is 13.0 Å². The molecular weight excluding hydrogens is 439 g/mol. The van der Waals surface area contributed by atoms with Crippen LogP contribution in [0.25, 0.3) is 0 Å². The smallest absolute Gasteiger partial charge is 0.333 e. The van der Waals surface area contributed by atoms with Crippen molar-refractivity contribution in [3.63, 3.8) is 0 Å². The van der Waals surface area contributed by atoms with Gasteiger partial charge < -0.3 is 5.84 Å². The Morgan fingerprint density at radius 2 is 1.83 bits per heavy atom. The van der Waals surface area contributed by atoms with Crippen molar-refractivity contribution in [3.8, 4) is 0 Å². The molecule has 8 nitrogen and oxygen atoms in total. The number of carbonyl (C=O) groups is 1. The van der Waals surface area contributed by atoms with E-state index in [-0.39, 0.29) is 6.54 Å². The molecule has 0 radical (unpaired) electrons. The van der Waals surface area contributed by atoms with Crippen molar-refractivity contribution in [1.82, 2.24) is 19.9 Å². The van der Waals surface area contributed by atoms with E-state index in [0.29, 0.717) is 32.9 Å². The maximum Gasteiger partial charge on any atom is 0.365 e. The second kappa shape index (κ2) is 9.13. The van der Waals surface area contributed by atoms with Crippen LogP contribution in [-0.2, 0) is 17.8 Å². The van der Waals surface area contributed by atoms with Gasteiger partial charge in [-0.25, -0.2) is 14.9 Å². The number of hydrazone groups is 1. The first-order valence-electron chi connectivity index (χ1n) is 8.28. The van der Waals surface area contributed by atoms with Gasteiger partial charge in [0.1, 0.15) is 6.54 Å². The molecule has 2 aromatic carbocycles. The lowest BCUT2D eigenvalue weighted by Crippen LogP contribution is -2.34. The predicted octanol–water partition coefficient (Wildman–Crippen LogP) is 2.46. The first kappa shape index (κ1) is 20.9. The molecule has 29 heavy (non-hydrogen) atoms. The summed E-state index contributed by atoms with van der Waals surface area (Å²) in [5, 5.41) is 9.41. The molecule has 0 aliphatic carbocycles. The average Bonchev–Trinajstić information content (AvgIpc) is 2.93. The monoisotopic (exact) mass is 452 g/mol. The van der Waals surface area contributed by atoms with Gasteiger partial charge in [-0.15, -0.1) is 0 Å². The minimum Gasteiger partial charge on any atom is -0.333 e. The summed E-state index contributed by atoms with van der Waals surface area (Å²) in [5.41, 5.74) is 3.13. The maximum atomic E-state index is 12.2. The summed E-state index contributed by atoms with van der Waals surface area (Å²) in [6.45, 7) is -0.345. The van der Waals surface area contributed by atoms with E-state index in [1.807, 2.05) is 0 Å². The van der Waals surface area contributed by atoms with E-state index in [1.54, 1.807) is 42.5 Å². The van der Waals surface area contributed by atoms with E-state index < -0.39 is 11.6 Å². The van der Waals surface area contributed by atoms with E-state index in [1.165, 1.54) is 6.21 Å². The van der Waals surface area contributed by atoms with Crippen molar-refractivity contribution in [2.24, 2.45) is 5.10 Å². The molecule has 150 valence electrons. The van der Waals surface area contributed by atoms with Crippen molar-refractivity contribution in [3.05, 3.63) is 85.0 Å². The van der Waals surface area contributed by atoms with E-state index in [9.17, 15) is 9.59 Å². The summed E-state index contributed by atoms with van der Waals surface area (Å²) < 4.78 is 1.87. The first-order valence-corrected chi connectivity index (χ1v) is 9.42. The molecule has 0 aliphatic heterocycles. The quantitative estimate of drug-likeness (QED) is 0.339. The number of halogens is 3. The van der Waals surface area contributed by atoms with Crippen LogP contribution in [0.2, 0.25) is 15.1 Å². The maximum absolute atomic E-state index is 12.2. The van der Waals surface area contributed by atoms with Crippen molar-refractivity contribution in [2.75, 3.05) is 5.84 Å². The molecule has 3 N–H and O–H groups in total. The van der Waals surface area contributed by atoms with Crippen LogP contribution < -0.4 is 17.0 Å². The number of aromatic nitrogens is 3. The molecule has 0 saturated carbocycles. The Kier molecular flexibility index (Phi) is 6.58. The van der Waals surface area contributed by atoms with Gasteiger partial charge in [-0.1, -0.05) is 53.0 Å². The molecule has 0 aliphatic rings. The third kappa shape index (κ3) is 5.38. The summed E-state index contributed by atoms with van der Waals surface area (Å²) in [6.07, 6.45) is 1.68. The Labute approximate surface area is 180 Å². The fraction of sp³-hybridized carbons (Fsp3) is 0.111. The molecule has 0 bridgehead atoms. The molecule has 0 saturated heterocycles. The third-order valence-electron chi connectivity index (χ3n) is 3.87. The minimum absolute atomic E-state index is 0.307. The Morgan fingerprint density at radius 1 is 1.14 bits per heavy atom. The Morgan fingerprint density at radius 3 is 2.52 bits per heavy atom. The van der Waals surface area contributed by atoms with Gasteiger partial charge in [0.05, 0.1) is 11.2 Å². The van der Waals surface area contributed by atoms with Crippen LogP contribution in [0.15, 0.2) is 52.4 Å². The topological polar surface area (TPSA) is 107 Å². The van der Waals surface area contributed by atoms with Crippen LogP contribution in [0.5, 0.6) is 0 Å². The highest BCUT2D eigenvalue weighted by Crippen LogP contribution is 2.19. The number of nitrogens with two attached hydrogens (primary N) is 1. The molecule has 0 unspecified atom stereocenters. The molecular formula is C18H15Cl3N6O2. The van der Waals surface area contributed by atoms with Gasteiger partial charge in [0.25, 0.3) is 5.91 Å². The van der Waals surface area contributed by atoms with Crippen LogP contribution >= 0.6 is 34.8 Å². The second-order valence-electron chi connectivity index (χ2n) is 5.99. The zero-order valence-corrected chi connectivity index (χ0v) is 17.1. The van der Waals surface area contributed by atoms with Gasteiger partial charge in [0, 0.05) is 22.0 Å². The number of nitrogen functional groups attached to an aromatic ring is 1. The van der Waals surface area contributed by atoms with Crippen molar-refractivity contribution >= 4 is 46.9 Å². The van der Waals surface area contributed by atoms with Crippen LogP contribution in [0.3, 0.4) is 0 Å². The standard InChI is InChI=1S/C18H15Cl3N6O2/c19-13-4-1-11(2-5-13)7-16-25-26(18(29)27(16)22)10-17(28)24-23-9-12-3-6-14(20)8-15(12)21/h1-6,8-9H,7,10,22H2,(H,24,28)/b23-9-. The van der Waals surface area contributed by atoms with E-state index in [4.69, 9.17) is 40.6 Å². The second-order valence-corrected chi connectivity index (χ2v) is 7.27. The lowest BCUT2D eigenvalue weighted by atomic mass is 10.1. The zero-order chi connectivity index (χ0) is 21.0. The van der Waals surface area contributed by atoms with Gasteiger partial charge in [0.2, 0.25) is 0 Å². The van der Waals surface area contributed by atoms with Crippen LogP contribution in [0.4, 0.5) is 0 Å². The number of carbonyl (C=O) groups excluding carboxylic acids is 1. The van der Waals surface area contributed by atoms with Crippen LogP contribution in [0, 0.1) is 0 Å². The fourth-order valence-electron chi connectivity index (χ4n) is 2.42. The fourth-order valence-corrected chi connectivity index (χ4v) is 3.01. The largest absolute Gasteiger partial charge is 0.365 e. The first-order chi connectivity index (χ1) is 13.8. The molecule has 11 heteroatoms. The Balaban J connectivity index is 1.65. The molecule has 3 aromatic rings. The van der Waals surface area contributed by atoms with Crippen LogP contribution in [-0.4, -0.2) is 26.6 Å². The number of nitrogens with zero attached hydrogens (tertiary/aromatic N) is 4. The van der Waals surface area contributed by atoms with Crippen LogP contribution in [0.1, 0.15) is 17.0 Å². The zero-order valence-electron chi connectivity index (χ0n) is 14.8. The Hall–Kier alpha value is -2.81. The number of rotatable bonds is 6. The molecule has 1 aromatic heterocycles. The lowest BCUT2D eigenvalue weighted by molar-refractivity contribution is -0.121. The van der Waals surface area contributed by atoms with Crippen molar-refractivity contribution in [1.29, 1.82) is 0 Å². The normalized spacial score (nSPS) is 11.1. The number of hydrogen-bond acceptors (Lipinski definition) is 5. The van der Waals surface area contributed by atoms with Gasteiger partial charge in [-0.05, 0) is 29.8 Å². The number of amides is 1. The summed E-state index contributed by atoms with van der Waals surface area (Å²) >= 11 is 17.7. The van der Waals surface area contributed by atoms with Gasteiger partial charge in [-0.2, -0.15) is 14.9 Å². The van der Waals surface area contributed by atoms with Crippen molar-refractivity contribution < 1.29 is 4.79 Å². The molecule has 1 amide bonds. The molecule has 3 rings (SSSR count). The van der Waals surface area contributed by atoms with E-state index >= 15 is 0 Å². The van der Waals surface area contributed by atoms with E-state index in [0.717, 1.165) is 14.9 Å². The number of hydrogen-bond donors (Lipinski definition) is 2. The summed E-state index contributed by atoms with van der Waals surface area (Å²) in [6, 6.07) is 11.9. The highest BCUT2D eigenvalue weighted by atomic mass is 35.5. The number of benzene rings is 2. The number of nitrogens with one attached hydrogen (secondary N) is 1. The molecule has 1 heterocycles. The highest BCUT2D eigenvalue weighted by molar-refractivity contribution is 6.36. The SMILES string of the molecule is Nn1c(Cc2ccc(Cl)cc2)nn(CC(=O)N/N=C\c2ccc(Cl)cc2Cl)c1=O. The third-order valence-corrected chi connectivity index (χ3v) is 4.68. The summed E-state index contributed by atoms with van der Waals surface area (Å²) in [4.78, 5) is 24.3. The van der Waals surface area contributed by atoms with Gasteiger partial charge in [0.15, 0.2) is 5.82 Å².